The van der Waals surface area contributed by atoms with Crippen LogP contribution in [0.25, 0.3) is 11.0 Å². The summed E-state index contributed by atoms with van der Waals surface area (Å²) >= 11 is 3.41. The number of benzene rings is 2. The Kier molecular flexibility index (Phi) is 4.87. The maximum atomic E-state index is 11.5. The van der Waals surface area contributed by atoms with Crippen molar-refractivity contribution < 1.29 is 4.79 Å². The summed E-state index contributed by atoms with van der Waals surface area (Å²) in [6, 6.07) is 17.8. The molecule has 0 aliphatic carbocycles. The molecular weight excluding hydrogens is 376 g/mol. The molecule has 2 aromatic carbocycles. The zero-order valence-corrected chi connectivity index (χ0v) is 16.3. The first-order chi connectivity index (χ1) is 13.1. The van der Waals surface area contributed by atoms with Crippen LogP contribution in [0.2, 0.25) is 0 Å². The highest BCUT2D eigenvalue weighted by atomic mass is 32.2. The molecule has 0 saturated heterocycles. The van der Waals surface area contributed by atoms with Crippen molar-refractivity contribution in [1.82, 2.24) is 9.55 Å². The molecule has 27 heavy (non-hydrogen) atoms. The van der Waals surface area contributed by atoms with E-state index in [0.29, 0.717) is 12.1 Å². The van der Waals surface area contributed by atoms with Gasteiger partial charge in [0.2, 0.25) is 11.9 Å². The van der Waals surface area contributed by atoms with Gasteiger partial charge in [-0.1, -0.05) is 6.07 Å². The molecule has 1 amide bonds. The average Bonchev–Trinajstić information content (AvgIpc) is 3.30. The number of imidazole rings is 1. The Labute approximate surface area is 165 Å². The number of anilines is 2. The van der Waals surface area contributed by atoms with E-state index >= 15 is 0 Å². The van der Waals surface area contributed by atoms with Crippen molar-refractivity contribution in [1.29, 1.82) is 0 Å². The average molecular weight is 395 g/mol. The van der Waals surface area contributed by atoms with Crippen molar-refractivity contribution in [2.45, 2.75) is 11.4 Å². The second-order valence-corrected chi connectivity index (χ2v) is 7.93. The number of nitrogens with one attached hydrogen (secondary N) is 1. The van der Waals surface area contributed by atoms with E-state index in [1.54, 1.807) is 35.2 Å². The molecule has 136 valence electrons. The van der Waals surface area contributed by atoms with Gasteiger partial charge in [0.15, 0.2) is 0 Å². The van der Waals surface area contributed by atoms with Crippen molar-refractivity contribution in [3.05, 3.63) is 70.4 Å². The van der Waals surface area contributed by atoms with Crippen LogP contribution in [-0.4, -0.2) is 21.7 Å². The van der Waals surface area contributed by atoms with Gasteiger partial charge in [0.05, 0.1) is 17.6 Å². The normalized spacial score (nSPS) is 11.0. The number of nitrogens with two attached hydrogens (primary N) is 1. The smallest absolute Gasteiger partial charge is 0.248 e. The third-order valence-corrected chi connectivity index (χ3v) is 5.88. The molecule has 0 unspecified atom stereocenters. The number of amides is 1. The molecule has 5 nitrogen and oxygen atoms in total. The van der Waals surface area contributed by atoms with E-state index in [9.17, 15) is 4.79 Å². The van der Waals surface area contributed by atoms with E-state index in [-0.39, 0.29) is 0 Å². The molecule has 0 aliphatic rings. The summed E-state index contributed by atoms with van der Waals surface area (Å²) in [5, 5.41) is 5.47. The van der Waals surface area contributed by atoms with E-state index in [4.69, 9.17) is 10.7 Å². The summed E-state index contributed by atoms with van der Waals surface area (Å²) in [7, 11) is 0. The molecule has 7 heteroatoms. The molecule has 0 aliphatic heterocycles. The third-order valence-electron chi connectivity index (χ3n) is 4.27. The van der Waals surface area contributed by atoms with E-state index in [0.717, 1.165) is 22.7 Å². The van der Waals surface area contributed by atoms with Crippen molar-refractivity contribution in [3.8, 4) is 0 Å². The fourth-order valence-electron chi connectivity index (χ4n) is 2.90. The molecule has 3 N–H and O–H groups in total. The van der Waals surface area contributed by atoms with Crippen LogP contribution in [0, 0.1) is 0 Å². The highest BCUT2D eigenvalue weighted by Gasteiger charge is 2.14. The fourth-order valence-corrected chi connectivity index (χ4v) is 4.00. The van der Waals surface area contributed by atoms with Crippen LogP contribution in [0.3, 0.4) is 0 Å². The molecule has 0 atom stereocenters. The quantitative estimate of drug-likeness (QED) is 0.465. The summed E-state index contributed by atoms with van der Waals surface area (Å²) in [5.41, 5.74) is 8.54. The summed E-state index contributed by atoms with van der Waals surface area (Å²) in [6.45, 7) is 0.704. The lowest BCUT2D eigenvalue weighted by molar-refractivity contribution is 0.100. The zero-order valence-electron chi connectivity index (χ0n) is 14.7. The number of carbonyl (C=O) groups excluding carboxylic acids is 1. The summed E-state index contributed by atoms with van der Waals surface area (Å²) in [6.07, 6.45) is 2.05. The van der Waals surface area contributed by atoms with Crippen LogP contribution in [-0.2, 0) is 6.54 Å². The molecule has 4 rings (SSSR count). The van der Waals surface area contributed by atoms with Gasteiger partial charge in [-0.05, 0) is 60.2 Å². The molecule has 2 heterocycles. The lowest BCUT2D eigenvalue weighted by Crippen LogP contribution is -2.10. The minimum atomic E-state index is -0.452. The van der Waals surface area contributed by atoms with Crippen LogP contribution in [0.1, 0.15) is 15.2 Å². The number of thiophene rings is 1. The second-order valence-electron chi connectivity index (χ2n) is 6.02. The van der Waals surface area contributed by atoms with Gasteiger partial charge in [0, 0.05) is 21.0 Å². The largest absolute Gasteiger partial charge is 0.366 e. The SMILES string of the molecule is CSc1ccc(Nc2nc3cc(C(N)=O)ccc3n2Cc2cccs2)cc1. The maximum Gasteiger partial charge on any atom is 0.248 e. The highest BCUT2D eigenvalue weighted by Crippen LogP contribution is 2.27. The van der Waals surface area contributed by atoms with Crippen molar-refractivity contribution in [3.63, 3.8) is 0 Å². The summed E-state index contributed by atoms with van der Waals surface area (Å²) in [4.78, 5) is 18.7. The van der Waals surface area contributed by atoms with Gasteiger partial charge in [0.1, 0.15) is 0 Å². The Morgan fingerprint density at radius 1 is 1.22 bits per heavy atom. The van der Waals surface area contributed by atoms with Crippen molar-refractivity contribution >= 4 is 51.7 Å². The Balaban J connectivity index is 1.77. The predicted octanol–water partition coefficient (Wildman–Crippen LogP) is 4.71. The summed E-state index contributed by atoms with van der Waals surface area (Å²) < 4.78 is 2.12. The Bertz CT molecular complexity index is 1090. The molecule has 0 saturated carbocycles. The number of hydrogen-bond acceptors (Lipinski definition) is 5. The van der Waals surface area contributed by atoms with E-state index in [1.807, 2.05) is 24.3 Å². The van der Waals surface area contributed by atoms with Gasteiger partial charge in [-0.15, -0.1) is 23.1 Å². The highest BCUT2D eigenvalue weighted by molar-refractivity contribution is 7.98. The van der Waals surface area contributed by atoms with Gasteiger partial charge < -0.3 is 15.6 Å². The van der Waals surface area contributed by atoms with Crippen LogP contribution in [0.15, 0.2) is 64.9 Å². The minimum absolute atomic E-state index is 0.452. The van der Waals surface area contributed by atoms with E-state index in [1.165, 1.54) is 9.77 Å². The van der Waals surface area contributed by atoms with Crippen LogP contribution >= 0.6 is 23.1 Å². The number of fused-ring (bicyclic) bond motifs is 1. The predicted molar refractivity (Wildman–Crippen MR) is 113 cm³/mol. The molecule has 0 radical (unpaired) electrons. The van der Waals surface area contributed by atoms with Gasteiger partial charge in [0.25, 0.3) is 0 Å². The van der Waals surface area contributed by atoms with E-state index < -0.39 is 5.91 Å². The molecule has 0 fully saturated rings. The lowest BCUT2D eigenvalue weighted by Gasteiger charge is -2.10. The topological polar surface area (TPSA) is 72.9 Å². The number of rotatable bonds is 6. The molecule has 0 bridgehead atoms. The molecular formula is C20H18N4OS2. The first kappa shape index (κ1) is 17.6. The monoisotopic (exact) mass is 394 g/mol. The number of hydrogen-bond donors (Lipinski definition) is 2. The Morgan fingerprint density at radius 2 is 2.04 bits per heavy atom. The maximum absolute atomic E-state index is 11.5. The van der Waals surface area contributed by atoms with Crippen molar-refractivity contribution in [2.75, 3.05) is 11.6 Å². The molecule has 2 aromatic heterocycles. The Hall–Kier alpha value is -2.77. The van der Waals surface area contributed by atoms with Crippen molar-refractivity contribution in [2.24, 2.45) is 5.73 Å². The summed E-state index contributed by atoms with van der Waals surface area (Å²) in [5.74, 6) is 0.281. The first-order valence-corrected chi connectivity index (χ1v) is 10.5. The van der Waals surface area contributed by atoms with Gasteiger partial charge in [-0.25, -0.2) is 4.98 Å². The van der Waals surface area contributed by atoms with Gasteiger partial charge in [-0.3, -0.25) is 4.79 Å². The van der Waals surface area contributed by atoms with Crippen LogP contribution in [0.5, 0.6) is 0 Å². The second kappa shape index (κ2) is 7.46. The molecule has 4 aromatic rings. The minimum Gasteiger partial charge on any atom is -0.366 e. The van der Waals surface area contributed by atoms with Gasteiger partial charge in [-0.2, -0.15) is 0 Å². The first-order valence-electron chi connectivity index (χ1n) is 8.37. The third kappa shape index (κ3) is 3.70. The Morgan fingerprint density at radius 3 is 2.70 bits per heavy atom. The number of thioether (sulfide) groups is 1. The van der Waals surface area contributed by atoms with E-state index in [2.05, 4.69) is 39.7 Å². The number of primary amides is 1. The van der Waals surface area contributed by atoms with Crippen LogP contribution < -0.4 is 11.1 Å². The van der Waals surface area contributed by atoms with Crippen LogP contribution in [0.4, 0.5) is 11.6 Å². The lowest BCUT2D eigenvalue weighted by atomic mass is 10.2. The number of aromatic nitrogens is 2. The fraction of sp³-hybridized carbons (Fsp3) is 0.100. The zero-order chi connectivity index (χ0) is 18.8. The standard InChI is InChI=1S/C20H18N4OS2/c1-26-15-7-5-14(6-8-15)22-20-23-17-11-13(19(21)25)4-9-18(17)24(20)12-16-3-2-10-27-16/h2-11H,12H2,1H3,(H2,21,25)(H,22,23). The van der Waals surface area contributed by atoms with Gasteiger partial charge >= 0.3 is 0 Å². The number of nitrogens with zero attached hydrogens (tertiary/aromatic N) is 2. The molecule has 0 spiro atoms. The number of carbonyl (C=O) groups is 1.